The highest BCUT2D eigenvalue weighted by Gasteiger charge is 2.57. The van der Waals surface area contributed by atoms with E-state index in [2.05, 4.69) is 45.9 Å². The molecule has 0 bridgehead atoms. The SMILES string of the molecule is C[Si](C)(C)CCOC(=O)NC1(COC2(c3ccc(Cl)cc3)c3c(F)cc(Br)cc3C(=O)N2Cc2ccc(Cl)cn2)CC1. The van der Waals surface area contributed by atoms with Crippen LogP contribution < -0.4 is 5.32 Å². The van der Waals surface area contributed by atoms with E-state index in [0.29, 0.717) is 45.2 Å². The van der Waals surface area contributed by atoms with Gasteiger partial charge in [-0.05, 0) is 55.3 Å². The van der Waals surface area contributed by atoms with Crippen molar-refractivity contribution in [3.05, 3.63) is 97.4 Å². The summed E-state index contributed by atoms with van der Waals surface area (Å²) in [6, 6.07) is 13.9. The summed E-state index contributed by atoms with van der Waals surface area (Å²) in [5.41, 5.74) is -1.11. The molecular weight excluding hydrogens is 664 g/mol. The number of ether oxygens (including phenoxy) is 2. The molecule has 1 aromatic heterocycles. The highest BCUT2D eigenvalue weighted by Crippen LogP contribution is 2.50. The number of hydrogen-bond acceptors (Lipinski definition) is 5. The Kier molecular flexibility index (Phi) is 8.75. The number of hydrogen-bond donors (Lipinski definition) is 1. The third-order valence-corrected chi connectivity index (χ3v) is 10.1. The van der Waals surface area contributed by atoms with Crippen LogP contribution in [0.15, 0.2) is 59.2 Å². The Labute approximate surface area is 263 Å². The molecule has 1 fully saturated rings. The van der Waals surface area contributed by atoms with Crippen molar-refractivity contribution in [1.29, 1.82) is 0 Å². The number of alkyl carbamates (subject to hydrolysis) is 1. The summed E-state index contributed by atoms with van der Waals surface area (Å²) in [7, 11) is -1.37. The topological polar surface area (TPSA) is 80.8 Å². The van der Waals surface area contributed by atoms with Crippen molar-refractivity contribution < 1.29 is 23.5 Å². The molecule has 222 valence electrons. The van der Waals surface area contributed by atoms with Gasteiger partial charge in [-0.15, -0.1) is 0 Å². The molecule has 3 aromatic rings. The van der Waals surface area contributed by atoms with Gasteiger partial charge in [-0.1, -0.05) is 70.9 Å². The molecule has 1 unspecified atom stereocenters. The number of aromatic nitrogens is 1. The molecular formula is C30H31BrCl2FN3O4Si. The molecule has 1 atom stereocenters. The number of nitrogens with zero attached hydrogens (tertiary/aromatic N) is 2. The van der Waals surface area contributed by atoms with Gasteiger partial charge < -0.3 is 14.8 Å². The van der Waals surface area contributed by atoms with Gasteiger partial charge in [0, 0.05) is 29.3 Å². The maximum Gasteiger partial charge on any atom is 0.407 e. The van der Waals surface area contributed by atoms with Gasteiger partial charge in [-0.25, -0.2) is 9.18 Å². The van der Waals surface area contributed by atoms with Crippen molar-refractivity contribution in [2.75, 3.05) is 13.2 Å². The van der Waals surface area contributed by atoms with Gasteiger partial charge in [0.05, 0.1) is 47.1 Å². The fourth-order valence-electron chi connectivity index (χ4n) is 4.97. The van der Waals surface area contributed by atoms with Gasteiger partial charge in [0.25, 0.3) is 5.91 Å². The van der Waals surface area contributed by atoms with Gasteiger partial charge in [0.1, 0.15) is 5.82 Å². The number of carbonyl (C=O) groups excluding carboxylic acids is 2. The zero-order chi connectivity index (χ0) is 30.3. The summed E-state index contributed by atoms with van der Waals surface area (Å²) in [5, 5.41) is 3.88. The zero-order valence-electron chi connectivity index (χ0n) is 23.5. The summed E-state index contributed by atoms with van der Waals surface area (Å²) >= 11 is 15.6. The van der Waals surface area contributed by atoms with E-state index in [-0.39, 0.29) is 24.3 Å². The normalized spacial score (nSPS) is 19.0. The van der Waals surface area contributed by atoms with Crippen LogP contribution in [0, 0.1) is 5.82 Å². The molecule has 12 heteroatoms. The van der Waals surface area contributed by atoms with Crippen LogP contribution in [0.3, 0.4) is 0 Å². The smallest absolute Gasteiger partial charge is 0.407 e. The molecule has 0 saturated heterocycles. The Hall–Kier alpha value is -2.50. The van der Waals surface area contributed by atoms with Gasteiger partial charge >= 0.3 is 6.09 Å². The number of rotatable bonds is 10. The first-order chi connectivity index (χ1) is 19.8. The fourth-order valence-corrected chi connectivity index (χ4v) is 6.35. The lowest BCUT2D eigenvalue weighted by molar-refractivity contribution is -0.121. The first-order valence-electron chi connectivity index (χ1n) is 13.6. The second-order valence-electron chi connectivity index (χ2n) is 12.0. The van der Waals surface area contributed by atoms with E-state index >= 15 is 4.39 Å². The fraction of sp³-hybridized carbons (Fsp3) is 0.367. The lowest BCUT2D eigenvalue weighted by Gasteiger charge is -2.40. The van der Waals surface area contributed by atoms with Crippen LogP contribution in [0.25, 0.3) is 0 Å². The standard InChI is InChI=1S/C30H31BrCl2FN3O4Si/c1-42(2,3)13-12-40-28(39)36-29(10-11-29)18-41-30(19-4-6-21(32)7-5-19)26-24(14-20(31)15-25(26)34)27(38)37(30)17-23-9-8-22(33)16-35-23/h4-9,14-16H,10-13,17-18H2,1-3H3,(H,36,39). The van der Waals surface area contributed by atoms with Gasteiger partial charge in [-0.2, -0.15) is 0 Å². The molecule has 2 aliphatic rings. The average molecular weight is 695 g/mol. The number of benzene rings is 2. The Morgan fingerprint density at radius 1 is 1.12 bits per heavy atom. The highest BCUT2D eigenvalue weighted by molar-refractivity contribution is 9.10. The monoisotopic (exact) mass is 693 g/mol. The molecule has 7 nitrogen and oxygen atoms in total. The second kappa shape index (κ2) is 11.9. The van der Waals surface area contributed by atoms with Crippen molar-refractivity contribution in [3.63, 3.8) is 0 Å². The Balaban J connectivity index is 1.53. The predicted octanol–water partition coefficient (Wildman–Crippen LogP) is 7.76. The Bertz CT molecular complexity index is 1500. The molecule has 1 N–H and O–H groups in total. The summed E-state index contributed by atoms with van der Waals surface area (Å²) in [6.07, 6.45) is 2.27. The Morgan fingerprint density at radius 2 is 1.81 bits per heavy atom. The maximum absolute atomic E-state index is 16.0. The molecule has 1 aliphatic carbocycles. The van der Waals surface area contributed by atoms with E-state index in [1.165, 1.54) is 17.2 Å². The summed E-state index contributed by atoms with van der Waals surface area (Å²) < 4.78 is 28.6. The Morgan fingerprint density at radius 3 is 2.43 bits per heavy atom. The molecule has 2 heterocycles. The predicted molar refractivity (Wildman–Crippen MR) is 166 cm³/mol. The van der Waals surface area contributed by atoms with E-state index < -0.39 is 37.2 Å². The van der Waals surface area contributed by atoms with E-state index in [0.717, 1.165) is 6.04 Å². The quantitative estimate of drug-likeness (QED) is 0.220. The third-order valence-electron chi connectivity index (χ3n) is 7.46. The van der Waals surface area contributed by atoms with Gasteiger partial charge in [0.15, 0.2) is 5.72 Å². The second-order valence-corrected chi connectivity index (χ2v) is 19.4. The molecule has 2 aromatic carbocycles. The minimum atomic E-state index is -1.68. The van der Waals surface area contributed by atoms with Gasteiger partial charge in [-0.3, -0.25) is 14.7 Å². The van der Waals surface area contributed by atoms with Crippen LogP contribution in [-0.2, 0) is 21.7 Å². The van der Waals surface area contributed by atoms with Crippen molar-refractivity contribution in [2.24, 2.45) is 0 Å². The van der Waals surface area contributed by atoms with E-state index in [4.69, 9.17) is 32.7 Å². The maximum atomic E-state index is 16.0. The first-order valence-corrected chi connectivity index (χ1v) is 18.8. The molecule has 5 rings (SSSR count). The van der Waals surface area contributed by atoms with Crippen molar-refractivity contribution in [2.45, 2.75) is 56.3 Å². The van der Waals surface area contributed by atoms with E-state index in [9.17, 15) is 9.59 Å². The van der Waals surface area contributed by atoms with Crippen LogP contribution in [0.5, 0.6) is 0 Å². The molecule has 0 radical (unpaired) electrons. The number of pyridine rings is 1. The minimum Gasteiger partial charge on any atom is -0.450 e. The zero-order valence-corrected chi connectivity index (χ0v) is 27.6. The first kappa shape index (κ1) is 30.9. The van der Waals surface area contributed by atoms with Crippen LogP contribution >= 0.6 is 39.1 Å². The van der Waals surface area contributed by atoms with E-state index in [1.54, 1.807) is 42.5 Å². The van der Waals surface area contributed by atoms with Crippen molar-refractivity contribution in [3.8, 4) is 0 Å². The summed E-state index contributed by atoms with van der Waals surface area (Å²) in [4.78, 5) is 32.6. The van der Waals surface area contributed by atoms with Crippen molar-refractivity contribution in [1.82, 2.24) is 15.2 Å². The molecule has 1 aliphatic heterocycles. The number of fused-ring (bicyclic) bond motifs is 1. The largest absolute Gasteiger partial charge is 0.450 e. The van der Waals surface area contributed by atoms with Gasteiger partial charge in [0.2, 0.25) is 0 Å². The van der Waals surface area contributed by atoms with Crippen molar-refractivity contribution >= 4 is 59.2 Å². The lowest BCUT2D eigenvalue weighted by Crippen LogP contribution is -2.50. The highest BCUT2D eigenvalue weighted by atomic mass is 79.9. The lowest BCUT2D eigenvalue weighted by atomic mass is 9.92. The number of halogens is 4. The molecule has 2 amide bonds. The number of nitrogens with one attached hydrogen (secondary N) is 1. The minimum absolute atomic E-state index is 0.00350. The third kappa shape index (κ3) is 6.52. The van der Waals surface area contributed by atoms with Crippen LogP contribution in [0.4, 0.5) is 9.18 Å². The average Bonchev–Trinajstić information content (AvgIpc) is 3.63. The van der Waals surface area contributed by atoms with Crippen LogP contribution in [0.1, 0.15) is 40.0 Å². The summed E-state index contributed by atoms with van der Waals surface area (Å²) in [5.74, 6) is -1.04. The molecule has 1 saturated carbocycles. The molecule has 42 heavy (non-hydrogen) atoms. The van der Waals surface area contributed by atoms with E-state index in [1.807, 2.05) is 0 Å². The summed E-state index contributed by atoms with van der Waals surface area (Å²) in [6.45, 7) is 6.99. The van der Waals surface area contributed by atoms with Crippen LogP contribution in [0.2, 0.25) is 35.7 Å². The van der Waals surface area contributed by atoms with Crippen LogP contribution in [-0.4, -0.2) is 48.7 Å². The number of amides is 2. The molecule has 0 spiro atoms. The number of carbonyl (C=O) groups is 2.